The van der Waals surface area contributed by atoms with E-state index in [1.54, 1.807) is 20.3 Å². The first-order chi connectivity index (χ1) is 9.17. The van der Waals surface area contributed by atoms with Crippen molar-refractivity contribution in [1.82, 2.24) is 5.32 Å². The summed E-state index contributed by atoms with van der Waals surface area (Å²) in [6.45, 7) is 2.83. The highest BCUT2D eigenvalue weighted by atomic mass is 16.5. The summed E-state index contributed by atoms with van der Waals surface area (Å²) in [5.74, 6) is 1.42. The molecule has 19 heavy (non-hydrogen) atoms. The maximum Gasteiger partial charge on any atom is 0.183 e. The number of Topliss-reactive ketones (excluding diaryl/α,β-unsaturated/α-hetero) is 1. The lowest BCUT2D eigenvalue weighted by Crippen LogP contribution is -2.40. The van der Waals surface area contributed by atoms with Gasteiger partial charge in [-0.3, -0.25) is 4.79 Å². The number of ketones is 1. The molecule has 4 heteroatoms. The predicted octanol–water partition coefficient (Wildman–Crippen LogP) is 2.34. The lowest BCUT2D eigenvalue weighted by atomic mass is 9.93. The predicted molar refractivity (Wildman–Crippen MR) is 74.3 cm³/mol. The molecule has 1 N–H and O–H groups in total. The van der Waals surface area contributed by atoms with Crippen molar-refractivity contribution in [2.75, 3.05) is 20.8 Å². The van der Waals surface area contributed by atoms with E-state index in [0.717, 1.165) is 31.4 Å². The van der Waals surface area contributed by atoms with Crippen molar-refractivity contribution in [3.05, 3.63) is 23.3 Å². The largest absolute Gasteiger partial charge is 0.497 e. The van der Waals surface area contributed by atoms with Gasteiger partial charge in [0.25, 0.3) is 0 Å². The average Bonchev–Trinajstić information content (AvgIpc) is 2.46. The molecule has 1 aliphatic rings. The second-order valence-corrected chi connectivity index (χ2v) is 4.89. The van der Waals surface area contributed by atoms with Gasteiger partial charge in [0.2, 0.25) is 0 Å². The molecule has 0 amide bonds. The average molecular weight is 263 g/mol. The van der Waals surface area contributed by atoms with E-state index in [-0.39, 0.29) is 11.8 Å². The Kier molecular flexibility index (Phi) is 4.43. The third kappa shape index (κ3) is 2.89. The van der Waals surface area contributed by atoms with Crippen LogP contribution in [0.25, 0.3) is 0 Å². The van der Waals surface area contributed by atoms with Crippen LogP contribution in [0.2, 0.25) is 0 Å². The summed E-state index contributed by atoms with van der Waals surface area (Å²) in [5.41, 5.74) is 1.57. The van der Waals surface area contributed by atoms with Gasteiger partial charge in [0.05, 0.1) is 25.8 Å². The van der Waals surface area contributed by atoms with E-state index in [9.17, 15) is 4.79 Å². The van der Waals surface area contributed by atoms with Gasteiger partial charge in [-0.15, -0.1) is 0 Å². The van der Waals surface area contributed by atoms with E-state index in [1.165, 1.54) is 0 Å². The molecular weight excluding hydrogens is 242 g/mol. The summed E-state index contributed by atoms with van der Waals surface area (Å²) in [7, 11) is 3.19. The molecule has 0 aliphatic carbocycles. The first-order valence-electron chi connectivity index (χ1n) is 6.67. The van der Waals surface area contributed by atoms with E-state index < -0.39 is 0 Å². The van der Waals surface area contributed by atoms with Crippen LogP contribution in [0.3, 0.4) is 0 Å². The van der Waals surface area contributed by atoms with E-state index in [2.05, 4.69) is 5.32 Å². The van der Waals surface area contributed by atoms with Crippen LogP contribution in [0.15, 0.2) is 12.1 Å². The number of nitrogens with one attached hydrogen (secondary N) is 1. The molecule has 1 aliphatic heterocycles. The minimum atomic E-state index is -0.0882. The zero-order valence-electron chi connectivity index (χ0n) is 11.8. The molecule has 0 bridgehead atoms. The molecule has 1 fully saturated rings. The fraction of sp³-hybridized carbons (Fsp3) is 0.533. The molecule has 1 saturated heterocycles. The number of hydrogen-bond donors (Lipinski definition) is 1. The van der Waals surface area contributed by atoms with Crippen LogP contribution in [0.1, 0.15) is 35.2 Å². The van der Waals surface area contributed by atoms with Crippen LogP contribution >= 0.6 is 0 Å². The normalized spacial score (nSPS) is 19.0. The number of methoxy groups -OCH3 is 2. The first kappa shape index (κ1) is 13.9. The van der Waals surface area contributed by atoms with Crippen LogP contribution in [0.4, 0.5) is 0 Å². The molecule has 4 nitrogen and oxygen atoms in total. The minimum absolute atomic E-state index is 0.0882. The summed E-state index contributed by atoms with van der Waals surface area (Å²) in [4.78, 5) is 12.6. The number of carbonyl (C=O) groups is 1. The van der Waals surface area contributed by atoms with Gasteiger partial charge >= 0.3 is 0 Å². The minimum Gasteiger partial charge on any atom is -0.497 e. The molecule has 1 heterocycles. The van der Waals surface area contributed by atoms with Crippen molar-refractivity contribution >= 4 is 5.78 Å². The summed E-state index contributed by atoms with van der Waals surface area (Å²) < 4.78 is 10.6. The highest BCUT2D eigenvalue weighted by Crippen LogP contribution is 2.30. The Hall–Kier alpha value is -1.55. The van der Waals surface area contributed by atoms with Crippen molar-refractivity contribution in [2.24, 2.45) is 0 Å². The standard InChI is InChI=1S/C15H21NO3/c1-10-8-11(18-2)9-13(19-3)14(10)15(17)12-6-4-5-7-16-12/h8-9,12,16H,4-7H2,1-3H3. The molecule has 2 rings (SSSR count). The molecule has 104 valence electrons. The number of rotatable bonds is 4. The van der Waals surface area contributed by atoms with Gasteiger partial charge in [-0.25, -0.2) is 0 Å². The molecular formula is C15H21NO3. The Morgan fingerprint density at radius 3 is 2.63 bits per heavy atom. The Labute approximate surface area is 114 Å². The molecule has 0 saturated carbocycles. The second kappa shape index (κ2) is 6.06. The summed E-state index contributed by atoms with van der Waals surface area (Å²) in [5, 5.41) is 3.29. The van der Waals surface area contributed by atoms with Crippen LogP contribution in [0, 0.1) is 6.92 Å². The Balaban J connectivity index is 2.34. The Morgan fingerprint density at radius 1 is 1.26 bits per heavy atom. The van der Waals surface area contributed by atoms with Crippen molar-refractivity contribution in [2.45, 2.75) is 32.2 Å². The Bertz CT molecular complexity index is 465. The van der Waals surface area contributed by atoms with Crippen LogP contribution < -0.4 is 14.8 Å². The van der Waals surface area contributed by atoms with E-state index in [0.29, 0.717) is 17.1 Å². The van der Waals surface area contributed by atoms with Crippen LogP contribution in [-0.4, -0.2) is 32.6 Å². The van der Waals surface area contributed by atoms with E-state index >= 15 is 0 Å². The lowest BCUT2D eigenvalue weighted by Gasteiger charge is -2.24. The second-order valence-electron chi connectivity index (χ2n) is 4.89. The lowest BCUT2D eigenvalue weighted by molar-refractivity contribution is 0.0923. The van der Waals surface area contributed by atoms with Gasteiger partial charge < -0.3 is 14.8 Å². The first-order valence-corrected chi connectivity index (χ1v) is 6.67. The van der Waals surface area contributed by atoms with E-state index in [4.69, 9.17) is 9.47 Å². The maximum absolute atomic E-state index is 12.6. The molecule has 1 unspecified atom stereocenters. The number of ether oxygens (including phenoxy) is 2. The third-order valence-electron chi connectivity index (χ3n) is 3.60. The smallest absolute Gasteiger partial charge is 0.183 e. The summed E-state index contributed by atoms with van der Waals surface area (Å²) in [6.07, 6.45) is 3.14. The molecule has 1 aromatic carbocycles. The van der Waals surface area contributed by atoms with Gasteiger partial charge in [0.15, 0.2) is 5.78 Å². The van der Waals surface area contributed by atoms with Crippen molar-refractivity contribution in [3.63, 3.8) is 0 Å². The molecule has 1 atom stereocenters. The van der Waals surface area contributed by atoms with Gasteiger partial charge in [-0.1, -0.05) is 6.42 Å². The van der Waals surface area contributed by atoms with Crippen LogP contribution in [0.5, 0.6) is 11.5 Å². The monoisotopic (exact) mass is 263 g/mol. The number of benzene rings is 1. The molecule has 0 aromatic heterocycles. The third-order valence-corrected chi connectivity index (χ3v) is 3.60. The fourth-order valence-electron chi connectivity index (χ4n) is 2.57. The Morgan fingerprint density at radius 2 is 2.05 bits per heavy atom. The highest BCUT2D eigenvalue weighted by molar-refractivity contribution is 6.03. The number of aryl methyl sites for hydroxylation is 1. The topological polar surface area (TPSA) is 47.6 Å². The number of carbonyl (C=O) groups excluding carboxylic acids is 1. The maximum atomic E-state index is 12.6. The van der Waals surface area contributed by atoms with Gasteiger partial charge in [-0.05, 0) is 37.9 Å². The number of piperidine rings is 1. The van der Waals surface area contributed by atoms with E-state index in [1.807, 2.05) is 13.0 Å². The van der Waals surface area contributed by atoms with Crippen molar-refractivity contribution in [3.8, 4) is 11.5 Å². The zero-order valence-corrected chi connectivity index (χ0v) is 11.8. The van der Waals surface area contributed by atoms with Gasteiger partial charge in [0, 0.05) is 6.07 Å². The quantitative estimate of drug-likeness (QED) is 0.847. The SMILES string of the molecule is COc1cc(C)c(C(=O)C2CCCCN2)c(OC)c1. The van der Waals surface area contributed by atoms with Crippen molar-refractivity contribution < 1.29 is 14.3 Å². The highest BCUT2D eigenvalue weighted by Gasteiger charge is 2.26. The molecule has 0 spiro atoms. The molecule has 1 aromatic rings. The summed E-state index contributed by atoms with van der Waals surface area (Å²) in [6, 6.07) is 3.55. The van der Waals surface area contributed by atoms with Crippen LogP contribution in [-0.2, 0) is 0 Å². The molecule has 0 radical (unpaired) electrons. The number of hydrogen-bond acceptors (Lipinski definition) is 4. The van der Waals surface area contributed by atoms with Gasteiger partial charge in [0.1, 0.15) is 11.5 Å². The van der Waals surface area contributed by atoms with Crippen molar-refractivity contribution in [1.29, 1.82) is 0 Å². The fourth-order valence-corrected chi connectivity index (χ4v) is 2.57. The summed E-state index contributed by atoms with van der Waals surface area (Å²) >= 11 is 0. The van der Waals surface area contributed by atoms with Gasteiger partial charge in [-0.2, -0.15) is 0 Å². The zero-order chi connectivity index (χ0) is 13.8.